The van der Waals surface area contributed by atoms with E-state index in [9.17, 15) is 4.79 Å². The number of nitrogens with zero attached hydrogens (tertiary/aromatic N) is 1. The third kappa shape index (κ3) is 6.45. The first kappa shape index (κ1) is 17.7. The van der Waals surface area contributed by atoms with Crippen LogP contribution >= 0.6 is 12.4 Å². The second-order valence-electron chi connectivity index (χ2n) is 4.10. The fourth-order valence-corrected chi connectivity index (χ4v) is 1.67. The van der Waals surface area contributed by atoms with Gasteiger partial charge in [-0.2, -0.15) is 0 Å². The minimum absolute atomic E-state index is 0. The number of aryl methyl sites for hydroxylation is 1. The van der Waals surface area contributed by atoms with Gasteiger partial charge in [-0.3, -0.25) is 5.32 Å². The number of hydrogen-bond acceptors (Lipinski definition) is 3. The molecule has 0 saturated carbocycles. The molecule has 0 aromatic heterocycles. The van der Waals surface area contributed by atoms with Crippen LogP contribution in [-0.4, -0.2) is 37.2 Å². The smallest absolute Gasteiger partial charge is 0.411 e. The van der Waals surface area contributed by atoms with Crippen molar-refractivity contribution in [2.75, 3.05) is 31.6 Å². The van der Waals surface area contributed by atoms with Crippen molar-refractivity contribution in [1.29, 1.82) is 0 Å². The molecular formula is C14H23ClN2O2. The lowest BCUT2D eigenvalue weighted by atomic mass is 10.2. The number of carbonyl (C=O) groups is 1. The van der Waals surface area contributed by atoms with Crippen LogP contribution in [0.3, 0.4) is 0 Å². The molecule has 0 aliphatic carbocycles. The summed E-state index contributed by atoms with van der Waals surface area (Å²) in [6, 6.07) is 7.64. The predicted octanol–water partition coefficient (Wildman–Crippen LogP) is 3.31. The van der Waals surface area contributed by atoms with Gasteiger partial charge in [0.25, 0.3) is 0 Å². The van der Waals surface area contributed by atoms with Crippen LogP contribution in [0, 0.1) is 6.92 Å². The van der Waals surface area contributed by atoms with E-state index in [0.717, 1.165) is 30.9 Å². The quantitative estimate of drug-likeness (QED) is 0.872. The van der Waals surface area contributed by atoms with Crippen LogP contribution in [0.5, 0.6) is 0 Å². The topological polar surface area (TPSA) is 41.6 Å². The molecule has 108 valence electrons. The van der Waals surface area contributed by atoms with Gasteiger partial charge in [0.15, 0.2) is 0 Å². The molecule has 1 N–H and O–H groups in total. The Labute approximate surface area is 121 Å². The zero-order valence-electron chi connectivity index (χ0n) is 11.8. The highest BCUT2D eigenvalue weighted by molar-refractivity contribution is 5.85. The van der Waals surface area contributed by atoms with E-state index in [1.54, 1.807) is 0 Å². The highest BCUT2D eigenvalue weighted by Crippen LogP contribution is 2.13. The van der Waals surface area contributed by atoms with Gasteiger partial charge in [0, 0.05) is 12.2 Å². The zero-order chi connectivity index (χ0) is 13.4. The lowest BCUT2D eigenvalue weighted by molar-refractivity contribution is 0.142. The molecular weight excluding hydrogens is 264 g/mol. The largest absolute Gasteiger partial charge is 0.448 e. The number of benzene rings is 1. The molecule has 5 heteroatoms. The first-order chi connectivity index (χ1) is 8.67. The molecule has 0 bridgehead atoms. The summed E-state index contributed by atoms with van der Waals surface area (Å²) in [6.07, 6.45) is -0.392. The number of hydrogen-bond donors (Lipinski definition) is 1. The molecule has 1 amide bonds. The van der Waals surface area contributed by atoms with Crippen molar-refractivity contribution in [3.05, 3.63) is 29.8 Å². The number of likely N-dealkylation sites (N-methyl/N-ethyl adjacent to an activating group) is 1. The lowest BCUT2D eigenvalue weighted by Gasteiger charge is -2.17. The molecule has 0 heterocycles. The maximum atomic E-state index is 11.6. The van der Waals surface area contributed by atoms with Crippen LogP contribution in [-0.2, 0) is 4.74 Å². The summed E-state index contributed by atoms with van der Waals surface area (Å²) in [5, 5.41) is 2.74. The first-order valence-electron chi connectivity index (χ1n) is 6.39. The minimum atomic E-state index is -0.392. The van der Waals surface area contributed by atoms with Gasteiger partial charge in [-0.1, -0.05) is 32.0 Å². The third-order valence-electron chi connectivity index (χ3n) is 2.92. The SMILES string of the molecule is CCN(CC)CCOC(=O)Nc1ccccc1C.Cl. The number of carbonyl (C=O) groups excluding carboxylic acids is 1. The van der Waals surface area contributed by atoms with E-state index in [4.69, 9.17) is 4.74 Å². The van der Waals surface area contributed by atoms with Crippen LogP contribution < -0.4 is 5.32 Å². The van der Waals surface area contributed by atoms with Gasteiger partial charge in [0.2, 0.25) is 0 Å². The van der Waals surface area contributed by atoms with Gasteiger partial charge in [-0.25, -0.2) is 4.79 Å². The fourth-order valence-electron chi connectivity index (χ4n) is 1.67. The lowest BCUT2D eigenvalue weighted by Crippen LogP contribution is -2.28. The van der Waals surface area contributed by atoms with Crippen molar-refractivity contribution in [2.45, 2.75) is 20.8 Å². The normalized spacial score (nSPS) is 9.89. The van der Waals surface area contributed by atoms with Crippen LogP contribution in [0.15, 0.2) is 24.3 Å². The molecule has 0 atom stereocenters. The van der Waals surface area contributed by atoms with Gasteiger partial charge in [0.05, 0.1) is 0 Å². The molecule has 0 unspecified atom stereocenters. The highest BCUT2D eigenvalue weighted by atomic mass is 35.5. The molecule has 19 heavy (non-hydrogen) atoms. The number of nitrogens with one attached hydrogen (secondary N) is 1. The van der Waals surface area contributed by atoms with Crippen LogP contribution in [0.1, 0.15) is 19.4 Å². The van der Waals surface area contributed by atoms with Crippen molar-refractivity contribution in [1.82, 2.24) is 4.90 Å². The van der Waals surface area contributed by atoms with Gasteiger partial charge >= 0.3 is 6.09 Å². The molecule has 1 aromatic carbocycles. The van der Waals surface area contributed by atoms with Gasteiger partial charge in [-0.05, 0) is 31.6 Å². The second-order valence-corrected chi connectivity index (χ2v) is 4.10. The van der Waals surface area contributed by atoms with E-state index in [-0.39, 0.29) is 12.4 Å². The van der Waals surface area contributed by atoms with E-state index in [0.29, 0.717) is 6.61 Å². The van der Waals surface area contributed by atoms with E-state index < -0.39 is 6.09 Å². The summed E-state index contributed by atoms with van der Waals surface area (Å²) in [5.41, 5.74) is 1.82. The average molecular weight is 287 g/mol. The molecule has 0 aliphatic heterocycles. The summed E-state index contributed by atoms with van der Waals surface area (Å²) in [4.78, 5) is 13.8. The van der Waals surface area contributed by atoms with Crippen LogP contribution in [0.2, 0.25) is 0 Å². The minimum Gasteiger partial charge on any atom is -0.448 e. The molecule has 0 spiro atoms. The van der Waals surface area contributed by atoms with Crippen molar-refractivity contribution >= 4 is 24.2 Å². The maximum Gasteiger partial charge on any atom is 0.411 e. The summed E-state index contributed by atoms with van der Waals surface area (Å²) >= 11 is 0. The fraction of sp³-hybridized carbons (Fsp3) is 0.500. The number of ether oxygens (including phenoxy) is 1. The van der Waals surface area contributed by atoms with Crippen molar-refractivity contribution in [3.63, 3.8) is 0 Å². The Bertz CT molecular complexity index is 381. The first-order valence-corrected chi connectivity index (χ1v) is 6.39. The zero-order valence-corrected chi connectivity index (χ0v) is 12.6. The van der Waals surface area contributed by atoms with Crippen LogP contribution in [0.25, 0.3) is 0 Å². The molecule has 0 fully saturated rings. The molecule has 0 aliphatic rings. The number of para-hydroxylation sites is 1. The van der Waals surface area contributed by atoms with Crippen LogP contribution in [0.4, 0.5) is 10.5 Å². The van der Waals surface area contributed by atoms with Crippen molar-refractivity contribution < 1.29 is 9.53 Å². The Morgan fingerprint density at radius 2 is 1.89 bits per heavy atom. The van der Waals surface area contributed by atoms with Gasteiger partial charge < -0.3 is 9.64 Å². The maximum absolute atomic E-state index is 11.6. The Balaban J connectivity index is 0.00000324. The molecule has 0 radical (unpaired) electrons. The van der Waals surface area contributed by atoms with Gasteiger partial charge in [0.1, 0.15) is 6.61 Å². The summed E-state index contributed by atoms with van der Waals surface area (Å²) in [5.74, 6) is 0. The summed E-state index contributed by atoms with van der Waals surface area (Å²) in [6.45, 7) is 9.27. The Hall–Kier alpha value is -1.26. The Morgan fingerprint density at radius 1 is 1.26 bits per heavy atom. The third-order valence-corrected chi connectivity index (χ3v) is 2.92. The Kier molecular flexibility index (Phi) is 9.00. The number of anilines is 1. The monoisotopic (exact) mass is 286 g/mol. The average Bonchev–Trinajstić information content (AvgIpc) is 2.37. The predicted molar refractivity (Wildman–Crippen MR) is 81.2 cm³/mol. The summed E-state index contributed by atoms with van der Waals surface area (Å²) < 4.78 is 5.14. The number of halogens is 1. The molecule has 1 rings (SSSR count). The van der Waals surface area contributed by atoms with Gasteiger partial charge in [-0.15, -0.1) is 12.4 Å². The van der Waals surface area contributed by atoms with E-state index in [1.165, 1.54) is 0 Å². The standard InChI is InChI=1S/C14H22N2O2.ClH/c1-4-16(5-2)10-11-18-14(17)15-13-9-7-6-8-12(13)3;/h6-9H,4-5,10-11H2,1-3H3,(H,15,17);1H. The number of amides is 1. The molecule has 1 aromatic rings. The van der Waals surface area contributed by atoms with E-state index in [2.05, 4.69) is 24.1 Å². The molecule has 0 saturated heterocycles. The van der Waals surface area contributed by atoms with Crippen molar-refractivity contribution in [2.24, 2.45) is 0 Å². The van der Waals surface area contributed by atoms with E-state index >= 15 is 0 Å². The second kappa shape index (κ2) is 9.64. The Morgan fingerprint density at radius 3 is 2.47 bits per heavy atom. The van der Waals surface area contributed by atoms with Crippen molar-refractivity contribution in [3.8, 4) is 0 Å². The number of rotatable bonds is 6. The highest BCUT2D eigenvalue weighted by Gasteiger charge is 2.06. The van der Waals surface area contributed by atoms with E-state index in [1.807, 2.05) is 31.2 Å². The summed E-state index contributed by atoms with van der Waals surface area (Å²) in [7, 11) is 0. The molecule has 4 nitrogen and oxygen atoms in total.